The summed E-state index contributed by atoms with van der Waals surface area (Å²) in [7, 11) is -3.49. The van der Waals surface area contributed by atoms with E-state index in [1.54, 1.807) is 15.2 Å². The van der Waals surface area contributed by atoms with Crippen molar-refractivity contribution >= 4 is 10.0 Å². The Labute approximate surface area is 136 Å². The zero-order chi connectivity index (χ0) is 16.6. The highest BCUT2D eigenvalue weighted by Crippen LogP contribution is 2.29. The smallest absolute Gasteiger partial charge is 0.246 e. The third kappa shape index (κ3) is 3.05. The molecule has 0 spiro atoms. The Morgan fingerprint density at radius 3 is 2.78 bits per heavy atom. The Bertz CT molecular complexity index is 773. The van der Waals surface area contributed by atoms with Crippen molar-refractivity contribution in [3.05, 3.63) is 29.6 Å². The molecule has 0 aliphatic carbocycles. The van der Waals surface area contributed by atoms with E-state index in [-0.39, 0.29) is 10.8 Å². The number of hydrogen-bond donors (Lipinski definition) is 1. The first kappa shape index (κ1) is 16.2. The first-order valence-electron chi connectivity index (χ1n) is 7.97. The van der Waals surface area contributed by atoms with Crippen molar-refractivity contribution in [1.82, 2.24) is 24.1 Å². The predicted molar refractivity (Wildman–Crippen MR) is 86.7 cm³/mol. The van der Waals surface area contributed by atoms with Crippen LogP contribution < -0.4 is 0 Å². The fraction of sp³-hybridized carbons (Fsp3) is 0.600. The van der Waals surface area contributed by atoms with Gasteiger partial charge in [0.1, 0.15) is 10.7 Å². The van der Waals surface area contributed by atoms with E-state index in [2.05, 4.69) is 15.1 Å². The molecule has 8 heteroatoms. The molecule has 3 heterocycles. The van der Waals surface area contributed by atoms with Gasteiger partial charge in [-0.3, -0.25) is 4.68 Å². The summed E-state index contributed by atoms with van der Waals surface area (Å²) >= 11 is 0. The summed E-state index contributed by atoms with van der Waals surface area (Å²) < 4.78 is 28.8. The minimum Gasteiger partial charge on any atom is -0.346 e. The molecule has 0 aromatic carbocycles. The molecular weight excluding hydrogens is 314 g/mol. The van der Waals surface area contributed by atoms with E-state index in [4.69, 9.17) is 0 Å². The van der Waals surface area contributed by atoms with Crippen molar-refractivity contribution in [2.45, 2.75) is 51.0 Å². The second-order valence-corrected chi connectivity index (χ2v) is 8.00. The van der Waals surface area contributed by atoms with Gasteiger partial charge in [-0.05, 0) is 33.6 Å². The minimum absolute atomic E-state index is 0.118. The molecule has 1 atom stereocenters. The normalized spacial score (nSPS) is 20.0. The quantitative estimate of drug-likeness (QED) is 0.922. The second kappa shape index (κ2) is 6.09. The summed E-state index contributed by atoms with van der Waals surface area (Å²) in [5.74, 6) is 1.01. The molecule has 0 saturated carbocycles. The monoisotopic (exact) mass is 337 g/mol. The average molecular weight is 337 g/mol. The molecule has 7 nitrogen and oxygen atoms in total. The largest absolute Gasteiger partial charge is 0.346 e. The SMILES string of the molecule is CCn1cc(S(=O)(=O)N2CCCC(c3nc(C)c(C)[nH]3)C2)cn1. The standard InChI is InChI=1S/C15H23N5O2S/c1-4-19-10-14(8-16-19)23(21,22)20-7-5-6-13(9-20)15-17-11(2)12(3)18-15/h8,10,13H,4-7,9H2,1-3H3,(H,17,18). The second-order valence-electron chi connectivity index (χ2n) is 6.07. The lowest BCUT2D eigenvalue weighted by Crippen LogP contribution is -2.39. The van der Waals surface area contributed by atoms with Crippen LogP contribution in [0.4, 0.5) is 0 Å². The van der Waals surface area contributed by atoms with Gasteiger partial charge >= 0.3 is 0 Å². The van der Waals surface area contributed by atoms with E-state index in [0.717, 1.165) is 30.1 Å². The zero-order valence-electron chi connectivity index (χ0n) is 13.8. The molecule has 1 N–H and O–H groups in total. The molecule has 1 saturated heterocycles. The van der Waals surface area contributed by atoms with E-state index >= 15 is 0 Å². The number of aryl methyl sites for hydroxylation is 3. The van der Waals surface area contributed by atoms with Gasteiger partial charge in [0.05, 0.1) is 11.9 Å². The van der Waals surface area contributed by atoms with Crippen LogP contribution in [0.15, 0.2) is 17.3 Å². The van der Waals surface area contributed by atoms with Gasteiger partial charge in [-0.1, -0.05) is 0 Å². The Balaban J connectivity index is 1.82. The first-order valence-corrected chi connectivity index (χ1v) is 9.41. The van der Waals surface area contributed by atoms with Crippen LogP contribution in [0.3, 0.4) is 0 Å². The van der Waals surface area contributed by atoms with Gasteiger partial charge in [0.15, 0.2) is 0 Å². The number of aromatic amines is 1. The van der Waals surface area contributed by atoms with Crippen molar-refractivity contribution in [3.63, 3.8) is 0 Å². The van der Waals surface area contributed by atoms with Crippen LogP contribution in [-0.2, 0) is 16.6 Å². The highest BCUT2D eigenvalue weighted by molar-refractivity contribution is 7.89. The molecule has 2 aromatic heterocycles. The Morgan fingerprint density at radius 1 is 1.39 bits per heavy atom. The van der Waals surface area contributed by atoms with E-state index in [1.165, 1.54) is 6.20 Å². The van der Waals surface area contributed by atoms with E-state index in [9.17, 15) is 8.42 Å². The Morgan fingerprint density at radius 2 is 2.17 bits per heavy atom. The molecule has 1 aliphatic rings. The number of nitrogens with zero attached hydrogens (tertiary/aromatic N) is 4. The predicted octanol–water partition coefficient (Wildman–Crippen LogP) is 1.81. The van der Waals surface area contributed by atoms with E-state index < -0.39 is 10.0 Å². The topological polar surface area (TPSA) is 83.9 Å². The molecule has 0 radical (unpaired) electrons. The highest BCUT2D eigenvalue weighted by Gasteiger charge is 2.32. The zero-order valence-corrected chi connectivity index (χ0v) is 14.6. The number of imidazole rings is 1. The van der Waals surface area contributed by atoms with Crippen LogP contribution in [0.25, 0.3) is 0 Å². The number of hydrogen-bond acceptors (Lipinski definition) is 4. The fourth-order valence-corrected chi connectivity index (χ4v) is 4.43. The van der Waals surface area contributed by atoms with E-state index in [1.807, 2.05) is 20.8 Å². The molecule has 1 fully saturated rings. The van der Waals surface area contributed by atoms with Gasteiger partial charge in [-0.2, -0.15) is 9.40 Å². The van der Waals surface area contributed by atoms with Crippen molar-refractivity contribution in [1.29, 1.82) is 0 Å². The van der Waals surface area contributed by atoms with Crippen molar-refractivity contribution in [2.75, 3.05) is 13.1 Å². The number of nitrogens with one attached hydrogen (secondary N) is 1. The van der Waals surface area contributed by atoms with Crippen molar-refractivity contribution in [3.8, 4) is 0 Å². The number of aromatic nitrogens is 4. The summed E-state index contributed by atoms with van der Waals surface area (Å²) in [5.41, 5.74) is 2.02. The number of sulfonamides is 1. The molecule has 1 unspecified atom stereocenters. The fourth-order valence-electron chi connectivity index (χ4n) is 2.95. The Hall–Kier alpha value is -1.67. The van der Waals surface area contributed by atoms with Gasteiger partial charge in [-0.25, -0.2) is 13.4 Å². The molecule has 3 rings (SSSR count). The summed E-state index contributed by atoms with van der Waals surface area (Å²) in [6.45, 7) is 7.56. The maximum absolute atomic E-state index is 12.8. The van der Waals surface area contributed by atoms with E-state index in [0.29, 0.717) is 19.6 Å². The van der Waals surface area contributed by atoms with Gasteiger partial charge in [0, 0.05) is 37.4 Å². The van der Waals surface area contributed by atoms with Gasteiger partial charge in [0.25, 0.3) is 0 Å². The highest BCUT2D eigenvalue weighted by atomic mass is 32.2. The molecular formula is C15H23N5O2S. The molecule has 0 bridgehead atoms. The van der Waals surface area contributed by atoms with Gasteiger partial charge in [-0.15, -0.1) is 0 Å². The van der Waals surface area contributed by atoms with Crippen LogP contribution in [-0.4, -0.2) is 45.6 Å². The lowest BCUT2D eigenvalue weighted by atomic mass is 9.99. The third-order valence-corrected chi connectivity index (χ3v) is 6.31. The summed E-state index contributed by atoms with van der Waals surface area (Å²) in [6, 6.07) is 0. The molecule has 2 aromatic rings. The van der Waals surface area contributed by atoms with Crippen LogP contribution in [0.5, 0.6) is 0 Å². The summed E-state index contributed by atoms with van der Waals surface area (Å²) in [4.78, 5) is 8.11. The first-order chi connectivity index (χ1) is 10.9. The Kier molecular flexibility index (Phi) is 4.29. The lowest BCUT2D eigenvalue weighted by Gasteiger charge is -2.30. The van der Waals surface area contributed by atoms with Crippen LogP contribution in [0, 0.1) is 13.8 Å². The molecule has 1 aliphatic heterocycles. The number of rotatable bonds is 4. The summed E-state index contributed by atoms with van der Waals surface area (Å²) in [6.07, 6.45) is 4.82. The number of H-pyrrole nitrogens is 1. The summed E-state index contributed by atoms with van der Waals surface area (Å²) in [5, 5.41) is 4.08. The van der Waals surface area contributed by atoms with Gasteiger partial charge in [0.2, 0.25) is 10.0 Å². The van der Waals surface area contributed by atoms with Gasteiger partial charge < -0.3 is 4.98 Å². The van der Waals surface area contributed by atoms with Crippen LogP contribution >= 0.6 is 0 Å². The van der Waals surface area contributed by atoms with Crippen LogP contribution in [0.2, 0.25) is 0 Å². The van der Waals surface area contributed by atoms with Crippen LogP contribution in [0.1, 0.15) is 42.9 Å². The number of piperidine rings is 1. The molecule has 126 valence electrons. The van der Waals surface area contributed by atoms with Crippen molar-refractivity contribution < 1.29 is 8.42 Å². The van der Waals surface area contributed by atoms with Crippen molar-refractivity contribution in [2.24, 2.45) is 0 Å². The minimum atomic E-state index is -3.49. The maximum Gasteiger partial charge on any atom is 0.246 e. The lowest BCUT2D eigenvalue weighted by molar-refractivity contribution is 0.310. The molecule has 0 amide bonds. The maximum atomic E-state index is 12.8. The molecule has 23 heavy (non-hydrogen) atoms. The third-order valence-electron chi connectivity index (χ3n) is 4.49. The average Bonchev–Trinajstić information content (AvgIpc) is 3.15.